The fourth-order valence-corrected chi connectivity index (χ4v) is 3.99. The van der Waals surface area contributed by atoms with Crippen molar-refractivity contribution in [2.24, 2.45) is 0 Å². The predicted octanol–water partition coefficient (Wildman–Crippen LogP) is 2.74. The van der Waals surface area contributed by atoms with Gasteiger partial charge in [0.25, 0.3) is 0 Å². The van der Waals surface area contributed by atoms with Gasteiger partial charge in [-0.1, -0.05) is 30.3 Å². The van der Waals surface area contributed by atoms with E-state index in [-0.39, 0.29) is 24.4 Å². The summed E-state index contributed by atoms with van der Waals surface area (Å²) in [4.78, 5) is 0. The smallest absolute Gasteiger partial charge is 0.171 e. The summed E-state index contributed by atoms with van der Waals surface area (Å²) in [5.41, 5.74) is 1.91. The molecule has 30 heavy (non-hydrogen) atoms. The van der Waals surface area contributed by atoms with Crippen molar-refractivity contribution in [2.45, 2.75) is 31.0 Å². The SMILES string of the molecule is COc1cc(NC(=S)NC2COC3C(OCc4ccccc4)COC23)cc(OC)c1. The Morgan fingerprint density at radius 2 is 1.70 bits per heavy atom. The lowest BCUT2D eigenvalue weighted by atomic mass is 10.1. The van der Waals surface area contributed by atoms with Gasteiger partial charge in [0.2, 0.25) is 0 Å². The first-order chi connectivity index (χ1) is 14.7. The number of methoxy groups -OCH3 is 2. The molecule has 4 rings (SSSR count). The van der Waals surface area contributed by atoms with E-state index in [9.17, 15) is 0 Å². The molecule has 7 nitrogen and oxygen atoms in total. The van der Waals surface area contributed by atoms with Crippen LogP contribution in [0.5, 0.6) is 11.5 Å². The maximum absolute atomic E-state index is 6.05. The molecular weight excluding hydrogens is 404 g/mol. The van der Waals surface area contributed by atoms with Crippen LogP contribution in [0.1, 0.15) is 5.56 Å². The van der Waals surface area contributed by atoms with Crippen LogP contribution in [-0.4, -0.2) is 56.9 Å². The fourth-order valence-electron chi connectivity index (χ4n) is 3.72. The zero-order chi connectivity index (χ0) is 20.9. The number of ether oxygens (including phenoxy) is 5. The summed E-state index contributed by atoms with van der Waals surface area (Å²) in [5.74, 6) is 1.36. The summed E-state index contributed by atoms with van der Waals surface area (Å²) in [7, 11) is 3.22. The van der Waals surface area contributed by atoms with Crippen molar-refractivity contribution in [1.82, 2.24) is 5.32 Å². The summed E-state index contributed by atoms with van der Waals surface area (Å²) in [5, 5.41) is 6.96. The molecule has 2 fully saturated rings. The van der Waals surface area contributed by atoms with Crippen LogP contribution in [0.25, 0.3) is 0 Å². The zero-order valence-corrected chi connectivity index (χ0v) is 17.8. The van der Waals surface area contributed by atoms with Gasteiger partial charge in [-0.25, -0.2) is 0 Å². The van der Waals surface area contributed by atoms with Crippen molar-refractivity contribution in [3.63, 3.8) is 0 Å². The predicted molar refractivity (Wildman–Crippen MR) is 117 cm³/mol. The molecule has 2 saturated heterocycles. The van der Waals surface area contributed by atoms with E-state index in [1.807, 2.05) is 42.5 Å². The molecule has 4 unspecified atom stereocenters. The minimum Gasteiger partial charge on any atom is -0.497 e. The van der Waals surface area contributed by atoms with E-state index in [0.29, 0.717) is 36.4 Å². The van der Waals surface area contributed by atoms with Crippen LogP contribution in [0.2, 0.25) is 0 Å². The second-order valence-electron chi connectivity index (χ2n) is 7.24. The van der Waals surface area contributed by atoms with Gasteiger partial charge in [-0.3, -0.25) is 0 Å². The second kappa shape index (κ2) is 9.61. The normalized spacial score (nSPS) is 24.9. The highest BCUT2D eigenvalue weighted by atomic mass is 32.1. The van der Waals surface area contributed by atoms with Gasteiger partial charge in [-0.15, -0.1) is 0 Å². The van der Waals surface area contributed by atoms with Gasteiger partial charge in [0.05, 0.1) is 40.1 Å². The topological polar surface area (TPSA) is 70.2 Å². The zero-order valence-electron chi connectivity index (χ0n) is 17.0. The van der Waals surface area contributed by atoms with Crippen molar-refractivity contribution < 1.29 is 23.7 Å². The third-order valence-electron chi connectivity index (χ3n) is 5.24. The van der Waals surface area contributed by atoms with Crippen molar-refractivity contribution in [3.8, 4) is 11.5 Å². The summed E-state index contributed by atoms with van der Waals surface area (Å²) in [6.45, 7) is 1.55. The van der Waals surface area contributed by atoms with Crippen molar-refractivity contribution in [1.29, 1.82) is 0 Å². The maximum atomic E-state index is 6.05. The molecular formula is C22H26N2O5S. The molecule has 0 saturated carbocycles. The molecule has 0 amide bonds. The Hall–Kier alpha value is -2.39. The Balaban J connectivity index is 1.30. The van der Waals surface area contributed by atoms with Gasteiger partial charge >= 0.3 is 0 Å². The standard InChI is InChI=1S/C22H26N2O5S/c1-25-16-8-15(9-17(10-16)26-2)23-22(30)24-18-12-28-21-19(13-29-20(18)21)27-11-14-6-4-3-5-7-14/h3-10,18-21H,11-13H2,1-2H3,(H2,23,24,30). The quantitative estimate of drug-likeness (QED) is 0.650. The molecule has 2 aliphatic heterocycles. The first-order valence-electron chi connectivity index (χ1n) is 9.85. The van der Waals surface area contributed by atoms with E-state index in [4.69, 9.17) is 35.9 Å². The number of benzene rings is 2. The lowest BCUT2D eigenvalue weighted by molar-refractivity contribution is -0.0391. The van der Waals surface area contributed by atoms with Crippen molar-refractivity contribution >= 4 is 23.0 Å². The van der Waals surface area contributed by atoms with E-state index in [1.165, 1.54) is 0 Å². The van der Waals surface area contributed by atoms with Gasteiger partial charge in [-0.2, -0.15) is 0 Å². The van der Waals surface area contributed by atoms with Crippen molar-refractivity contribution in [2.75, 3.05) is 32.8 Å². The average Bonchev–Trinajstić information content (AvgIpc) is 3.35. The van der Waals surface area contributed by atoms with E-state index < -0.39 is 0 Å². The largest absolute Gasteiger partial charge is 0.497 e. The number of hydrogen-bond acceptors (Lipinski definition) is 6. The number of hydrogen-bond donors (Lipinski definition) is 2. The van der Waals surface area contributed by atoms with Crippen LogP contribution >= 0.6 is 12.2 Å². The Morgan fingerprint density at radius 1 is 1.00 bits per heavy atom. The molecule has 2 aromatic carbocycles. The fraction of sp³-hybridized carbons (Fsp3) is 0.409. The molecule has 2 aromatic rings. The van der Waals surface area contributed by atoms with Crippen LogP contribution in [0.3, 0.4) is 0 Å². The molecule has 2 heterocycles. The summed E-state index contributed by atoms with van der Waals surface area (Å²) < 4.78 is 28.6. The molecule has 2 aliphatic rings. The van der Waals surface area contributed by atoms with E-state index in [0.717, 1.165) is 11.3 Å². The molecule has 0 spiro atoms. The number of anilines is 1. The Labute approximate surface area is 181 Å². The van der Waals surface area contributed by atoms with Gasteiger partial charge in [-0.05, 0) is 17.8 Å². The third kappa shape index (κ3) is 4.84. The number of thiocarbonyl (C=S) groups is 1. The van der Waals surface area contributed by atoms with Gasteiger partial charge in [0.1, 0.15) is 29.8 Å². The first-order valence-corrected chi connectivity index (χ1v) is 10.3. The number of fused-ring (bicyclic) bond motifs is 1. The van der Waals surface area contributed by atoms with Gasteiger partial charge < -0.3 is 34.3 Å². The highest BCUT2D eigenvalue weighted by Crippen LogP contribution is 2.30. The summed E-state index contributed by atoms with van der Waals surface area (Å²) >= 11 is 5.49. The Bertz CT molecular complexity index is 844. The third-order valence-corrected chi connectivity index (χ3v) is 5.46. The molecule has 0 radical (unpaired) electrons. The molecule has 4 atom stereocenters. The van der Waals surface area contributed by atoms with Gasteiger partial charge in [0.15, 0.2) is 5.11 Å². The van der Waals surface area contributed by atoms with E-state index >= 15 is 0 Å². The Kier molecular flexibility index (Phi) is 6.69. The first kappa shape index (κ1) is 20.9. The second-order valence-corrected chi connectivity index (χ2v) is 7.65. The lowest BCUT2D eigenvalue weighted by Crippen LogP contribution is -2.45. The van der Waals surface area contributed by atoms with Crippen LogP contribution in [0.4, 0.5) is 5.69 Å². The van der Waals surface area contributed by atoms with Crippen LogP contribution in [0.15, 0.2) is 48.5 Å². The molecule has 0 aromatic heterocycles. The highest BCUT2D eigenvalue weighted by molar-refractivity contribution is 7.80. The monoisotopic (exact) mass is 430 g/mol. The molecule has 8 heteroatoms. The molecule has 160 valence electrons. The lowest BCUT2D eigenvalue weighted by Gasteiger charge is -2.20. The van der Waals surface area contributed by atoms with Crippen LogP contribution in [-0.2, 0) is 20.8 Å². The summed E-state index contributed by atoms with van der Waals surface area (Å²) in [6.07, 6.45) is -0.303. The van der Waals surface area contributed by atoms with Gasteiger partial charge in [0, 0.05) is 23.9 Å². The molecule has 2 N–H and O–H groups in total. The number of rotatable bonds is 7. The average molecular weight is 431 g/mol. The summed E-state index contributed by atoms with van der Waals surface area (Å²) in [6, 6.07) is 15.6. The van der Waals surface area contributed by atoms with E-state index in [1.54, 1.807) is 20.3 Å². The number of nitrogens with one attached hydrogen (secondary N) is 2. The minimum absolute atomic E-state index is 0.0483. The molecule has 0 aliphatic carbocycles. The maximum Gasteiger partial charge on any atom is 0.171 e. The molecule has 0 bridgehead atoms. The highest BCUT2D eigenvalue weighted by Gasteiger charge is 2.48. The van der Waals surface area contributed by atoms with Crippen LogP contribution < -0.4 is 20.1 Å². The minimum atomic E-state index is -0.106. The van der Waals surface area contributed by atoms with Crippen molar-refractivity contribution in [3.05, 3.63) is 54.1 Å². The van der Waals surface area contributed by atoms with E-state index in [2.05, 4.69) is 10.6 Å². The Morgan fingerprint density at radius 3 is 2.40 bits per heavy atom. The van der Waals surface area contributed by atoms with Crippen LogP contribution in [0, 0.1) is 0 Å².